The van der Waals surface area contributed by atoms with Crippen LogP contribution in [0.4, 0.5) is 0 Å². The minimum absolute atomic E-state index is 0.137. The maximum Gasteiger partial charge on any atom is 0.321 e. The number of hydrogen-bond donors (Lipinski definition) is 2. The van der Waals surface area contributed by atoms with Crippen LogP contribution < -0.4 is 0 Å². The molecule has 1 fully saturated rings. The maximum atomic E-state index is 12.2. The van der Waals surface area contributed by atoms with Crippen molar-refractivity contribution in [3.8, 4) is 0 Å². The summed E-state index contributed by atoms with van der Waals surface area (Å²) >= 11 is 0. The van der Waals surface area contributed by atoms with Crippen LogP contribution in [0.3, 0.4) is 0 Å². The van der Waals surface area contributed by atoms with Gasteiger partial charge in [0.05, 0.1) is 0 Å². The van der Waals surface area contributed by atoms with E-state index in [0.717, 1.165) is 6.92 Å². The molecular formula is C14H22O7. The van der Waals surface area contributed by atoms with Crippen LogP contribution >= 0.6 is 0 Å². The monoisotopic (exact) mass is 302 g/mol. The number of carbonyl (C=O) groups excluding carboxylic acids is 1. The van der Waals surface area contributed by atoms with Crippen molar-refractivity contribution in [3.05, 3.63) is 0 Å². The highest BCUT2D eigenvalue weighted by Crippen LogP contribution is 2.55. The largest absolute Gasteiger partial charge is 0.480 e. The zero-order chi connectivity index (χ0) is 16.4. The van der Waals surface area contributed by atoms with Crippen LogP contribution in [-0.2, 0) is 23.9 Å². The molecule has 7 nitrogen and oxygen atoms in total. The lowest BCUT2D eigenvalue weighted by Gasteiger charge is -2.41. The van der Waals surface area contributed by atoms with E-state index in [1.54, 1.807) is 6.92 Å². The SMILES string of the molecule is COC(CC1C(=O)CC[C@]1(C)C(C)(C(=O)O)C(=O)O)OC. The molecule has 0 heterocycles. The van der Waals surface area contributed by atoms with Crippen molar-refractivity contribution >= 4 is 17.7 Å². The fourth-order valence-corrected chi connectivity index (χ4v) is 3.14. The van der Waals surface area contributed by atoms with E-state index in [4.69, 9.17) is 9.47 Å². The molecule has 0 saturated heterocycles. The highest BCUT2D eigenvalue weighted by Gasteiger charge is 2.63. The summed E-state index contributed by atoms with van der Waals surface area (Å²) in [4.78, 5) is 35.3. The third kappa shape index (κ3) is 2.67. The van der Waals surface area contributed by atoms with Gasteiger partial charge in [0.25, 0.3) is 0 Å². The summed E-state index contributed by atoms with van der Waals surface area (Å²) < 4.78 is 10.1. The van der Waals surface area contributed by atoms with Crippen molar-refractivity contribution in [2.24, 2.45) is 16.7 Å². The molecule has 0 bridgehead atoms. The number of hydrogen-bond acceptors (Lipinski definition) is 5. The lowest BCUT2D eigenvalue weighted by molar-refractivity contribution is -0.179. The van der Waals surface area contributed by atoms with Crippen molar-refractivity contribution in [1.82, 2.24) is 0 Å². The Bertz CT molecular complexity index is 427. The van der Waals surface area contributed by atoms with E-state index in [9.17, 15) is 24.6 Å². The number of aliphatic carboxylic acids is 2. The quantitative estimate of drug-likeness (QED) is 0.536. The number of carboxylic acids is 2. The Hall–Kier alpha value is -1.47. The van der Waals surface area contributed by atoms with E-state index in [1.165, 1.54) is 14.2 Å². The second kappa shape index (κ2) is 6.11. The molecule has 0 aromatic heterocycles. The molecule has 21 heavy (non-hydrogen) atoms. The van der Waals surface area contributed by atoms with Gasteiger partial charge in [0.15, 0.2) is 11.7 Å². The Morgan fingerprint density at radius 1 is 1.33 bits per heavy atom. The fourth-order valence-electron chi connectivity index (χ4n) is 3.14. The number of carbonyl (C=O) groups is 3. The number of rotatable bonds is 7. The van der Waals surface area contributed by atoms with Crippen LogP contribution in [0.15, 0.2) is 0 Å². The molecule has 0 aliphatic heterocycles. The van der Waals surface area contributed by atoms with Gasteiger partial charge in [0, 0.05) is 38.4 Å². The van der Waals surface area contributed by atoms with E-state index in [2.05, 4.69) is 0 Å². The molecule has 0 aromatic rings. The molecule has 0 aromatic carbocycles. The first-order valence-electron chi connectivity index (χ1n) is 6.70. The summed E-state index contributed by atoms with van der Waals surface area (Å²) in [6, 6.07) is 0. The van der Waals surface area contributed by atoms with E-state index in [-0.39, 0.29) is 25.0 Å². The van der Waals surface area contributed by atoms with Crippen LogP contribution in [0.2, 0.25) is 0 Å². The Morgan fingerprint density at radius 3 is 2.19 bits per heavy atom. The van der Waals surface area contributed by atoms with Gasteiger partial charge >= 0.3 is 11.9 Å². The van der Waals surface area contributed by atoms with Gasteiger partial charge in [-0.05, 0) is 13.3 Å². The summed E-state index contributed by atoms with van der Waals surface area (Å²) in [5.41, 5.74) is -3.24. The van der Waals surface area contributed by atoms with Crippen LogP contribution in [0.25, 0.3) is 0 Å². The van der Waals surface area contributed by atoms with Crippen molar-refractivity contribution in [1.29, 1.82) is 0 Å². The summed E-state index contributed by atoms with van der Waals surface area (Å²) in [6.45, 7) is 2.71. The van der Waals surface area contributed by atoms with Crippen molar-refractivity contribution in [2.75, 3.05) is 14.2 Å². The summed E-state index contributed by atoms with van der Waals surface area (Å²) in [5, 5.41) is 18.9. The molecule has 1 saturated carbocycles. The minimum Gasteiger partial charge on any atom is -0.480 e. The standard InChI is InChI=1S/C14H22O7/c1-13(14(2,11(16)17)12(18)19)6-5-9(15)8(13)7-10(20-3)21-4/h8,10H,5-7H2,1-4H3,(H,16,17)(H,18,19)/t8?,13-/m0/s1. The molecule has 120 valence electrons. The number of carboxylic acid groups (broad SMARTS) is 2. The van der Waals surface area contributed by atoms with E-state index >= 15 is 0 Å². The number of ether oxygens (including phenoxy) is 2. The molecule has 2 atom stereocenters. The Balaban J connectivity index is 3.25. The van der Waals surface area contributed by atoms with Gasteiger partial charge in [-0.1, -0.05) is 6.92 Å². The van der Waals surface area contributed by atoms with E-state index in [1.807, 2.05) is 0 Å². The molecule has 1 unspecified atom stereocenters. The maximum absolute atomic E-state index is 12.2. The average Bonchev–Trinajstić information content (AvgIpc) is 2.71. The Morgan fingerprint density at radius 2 is 1.81 bits per heavy atom. The predicted octanol–water partition coefficient (Wildman–Crippen LogP) is 1.16. The lowest BCUT2D eigenvalue weighted by Crippen LogP contribution is -2.53. The first-order chi connectivity index (χ1) is 9.65. The van der Waals surface area contributed by atoms with Crippen LogP contribution in [0.1, 0.15) is 33.1 Å². The topological polar surface area (TPSA) is 110 Å². The zero-order valence-electron chi connectivity index (χ0n) is 12.7. The normalized spacial score (nSPS) is 26.3. The first kappa shape index (κ1) is 17.6. The summed E-state index contributed by atoms with van der Waals surface area (Å²) in [7, 11) is 2.83. The van der Waals surface area contributed by atoms with Crippen LogP contribution in [0.5, 0.6) is 0 Å². The average molecular weight is 302 g/mol. The third-order valence-electron chi connectivity index (χ3n) is 5.00. The first-order valence-corrected chi connectivity index (χ1v) is 6.70. The van der Waals surface area contributed by atoms with Gasteiger partial charge in [0.1, 0.15) is 5.78 Å². The second-order valence-electron chi connectivity index (χ2n) is 5.81. The summed E-state index contributed by atoms with van der Waals surface area (Å²) in [6.07, 6.45) is -0.162. The number of Topliss-reactive ketones (excluding diaryl/α,β-unsaturated/α-hetero) is 1. The molecule has 0 spiro atoms. The number of methoxy groups -OCH3 is 2. The molecule has 2 N–H and O–H groups in total. The molecule has 1 rings (SSSR count). The van der Waals surface area contributed by atoms with E-state index in [0.29, 0.717) is 0 Å². The molecule has 0 amide bonds. The molecule has 1 aliphatic carbocycles. The van der Waals surface area contributed by atoms with Gasteiger partial charge in [-0.3, -0.25) is 14.4 Å². The third-order valence-corrected chi connectivity index (χ3v) is 5.00. The zero-order valence-corrected chi connectivity index (χ0v) is 12.7. The van der Waals surface area contributed by atoms with Gasteiger partial charge in [-0.25, -0.2) is 0 Å². The molecule has 0 radical (unpaired) electrons. The van der Waals surface area contributed by atoms with E-state index < -0.39 is 35.0 Å². The van der Waals surface area contributed by atoms with Crippen molar-refractivity contribution in [2.45, 2.75) is 39.4 Å². The smallest absolute Gasteiger partial charge is 0.321 e. The lowest BCUT2D eigenvalue weighted by atomic mass is 9.59. The highest BCUT2D eigenvalue weighted by atomic mass is 16.7. The van der Waals surface area contributed by atoms with Crippen LogP contribution in [-0.4, -0.2) is 48.4 Å². The van der Waals surface area contributed by atoms with Gasteiger partial charge in [-0.15, -0.1) is 0 Å². The Kier molecular flexibility index (Phi) is 5.11. The molecule has 7 heteroatoms. The molecule has 1 aliphatic rings. The molecular weight excluding hydrogens is 280 g/mol. The van der Waals surface area contributed by atoms with Gasteiger partial charge < -0.3 is 19.7 Å². The Labute approximate surface area is 123 Å². The van der Waals surface area contributed by atoms with Gasteiger partial charge in [-0.2, -0.15) is 0 Å². The number of ketones is 1. The summed E-state index contributed by atoms with van der Waals surface area (Å²) in [5.74, 6) is -3.77. The van der Waals surface area contributed by atoms with Crippen LogP contribution in [0, 0.1) is 16.7 Å². The minimum atomic E-state index is -2.05. The fraction of sp³-hybridized carbons (Fsp3) is 0.786. The van der Waals surface area contributed by atoms with Crippen molar-refractivity contribution in [3.63, 3.8) is 0 Å². The van der Waals surface area contributed by atoms with Crippen molar-refractivity contribution < 1.29 is 34.1 Å². The highest BCUT2D eigenvalue weighted by molar-refractivity contribution is 6.00. The second-order valence-corrected chi connectivity index (χ2v) is 5.81. The van der Waals surface area contributed by atoms with Gasteiger partial charge in [0.2, 0.25) is 0 Å². The predicted molar refractivity (Wildman–Crippen MR) is 71.6 cm³/mol.